The summed E-state index contributed by atoms with van der Waals surface area (Å²) in [5.74, 6) is 0.620. The molecule has 3 rings (SSSR count). The zero-order valence-corrected chi connectivity index (χ0v) is 15.6. The van der Waals surface area contributed by atoms with Gasteiger partial charge in [0.05, 0.1) is 0 Å². The van der Waals surface area contributed by atoms with E-state index in [0.717, 1.165) is 11.3 Å². The number of carbonyl (C=O) groups is 1. The molecule has 1 heterocycles. The Morgan fingerprint density at radius 1 is 1.32 bits per heavy atom. The molecular formula is C19H21ClFN2OS+. The van der Waals surface area contributed by atoms with Gasteiger partial charge in [0.25, 0.3) is 5.91 Å². The van der Waals surface area contributed by atoms with E-state index in [1.807, 2.05) is 35.6 Å². The van der Waals surface area contributed by atoms with E-state index >= 15 is 0 Å². The summed E-state index contributed by atoms with van der Waals surface area (Å²) in [6.07, 6.45) is 0. The first kappa shape index (κ1) is 18.2. The Balaban J connectivity index is 1.62. The number of nitrogens with zero attached hydrogens (tertiary/aromatic N) is 1. The second-order valence-electron chi connectivity index (χ2n) is 6.11. The van der Waals surface area contributed by atoms with Crippen LogP contribution in [0, 0.1) is 5.82 Å². The van der Waals surface area contributed by atoms with E-state index in [9.17, 15) is 9.18 Å². The van der Waals surface area contributed by atoms with Crippen LogP contribution in [0.4, 0.5) is 4.39 Å². The number of carbonyl (C=O) groups excluding carboxylic acids is 1. The fourth-order valence-corrected chi connectivity index (χ4v) is 4.38. The second-order valence-corrected chi connectivity index (χ2v) is 7.74. The first-order valence-electron chi connectivity index (χ1n) is 8.30. The van der Waals surface area contributed by atoms with Crippen LogP contribution in [0.5, 0.6) is 0 Å². The SMILES string of the molecule is C[C@@H]([NH2+]CC(=O)N1CCS[C@@H]1c1ccccc1F)c1ccc(Cl)cc1. The average molecular weight is 380 g/mol. The standard InChI is InChI=1S/C19H20ClFN2OS/c1-13(14-6-8-15(20)9-7-14)22-12-18(24)23-10-11-25-19(23)16-4-2-3-5-17(16)21/h2-9,13,19,22H,10-12H2,1H3/p+1/t13-,19-/m1/s1. The van der Waals surface area contributed by atoms with Gasteiger partial charge in [0, 0.05) is 28.4 Å². The van der Waals surface area contributed by atoms with Crippen molar-refractivity contribution in [2.75, 3.05) is 18.8 Å². The Hall–Kier alpha value is -1.56. The van der Waals surface area contributed by atoms with Crippen LogP contribution in [0.3, 0.4) is 0 Å². The maximum Gasteiger partial charge on any atom is 0.278 e. The van der Waals surface area contributed by atoms with Crippen molar-refractivity contribution in [2.45, 2.75) is 18.3 Å². The predicted molar refractivity (Wildman–Crippen MR) is 100.0 cm³/mol. The first-order chi connectivity index (χ1) is 12.1. The summed E-state index contributed by atoms with van der Waals surface area (Å²) in [5, 5.41) is 2.48. The van der Waals surface area contributed by atoms with Gasteiger partial charge in [-0.05, 0) is 25.1 Å². The normalized spacial score (nSPS) is 18.4. The molecule has 1 saturated heterocycles. The van der Waals surface area contributed by atoms with E-state index in [4.69, 9.17) is 11.6 Å². The van der Waals surface area contributed by atoms with Gasteiger partial charge in [-0.15, -0.1) is 11.8 Å². The Morgan fingerprint density at radius 3 is 2.76 bits per heavy atom. The highest BCUT2D eigenvalue weighted by Crippen LogP contribution is 2.38. The predicted octanol–water partition coefficient (Wildman–Crippen LogP) is 3.38. The van der Waals surface area contributed by atoms with Gasteiger partial charge >= 0.3 is 0 Å². The maximum absolute atomic E-state index is 14.1. The quantitative estimate of drug-likeness (QED) is 0.864. The number of halogens is 2. The molecule has 0 aromatic heterocycles. The topological polar surface area (TPSA) is 36.9 Å². The number of nitrogens with two attached hydrogens (primary N) is 1. The lowest BCUT2D eigenvalue weighted by Crippen LogP contribution is -2.87. The summed E-state index contributed by atoms with van der Waals surface area (Å²) in [4.78, 5) is 14.5. The van der Waals surface area contributed by atoms with Gasteiger partial charge in [0.2, 0.25) is 0 Å². The van der Waals surface area contributed by atoms with Crippen LogP contribution >= 0.6 is 23.4 Å². The Labute approximate surface area is 156 Å². The summed E-state index contributed by atoms with van der Waals surface area (Å²) in [6, 6.07) is 14.5. The molecule has 0 radical (unpaired) electrons. The highest BCUT2D eigenvalue weighted by molar-refractivity contribution is 7.99. The number of hydrogen-bond acceptors (Lipinski definition) is 2. The fourth-order valence-electron chi connectivity index (χ4n) is 2.96. The molecule has 0 saturated carbocycles. The van der Waals surface area contributed by atoms with Crippen LogP contribution in [0.15, 0.2) is 48.5 Å². The van der Waals surface area contributed by atoms with Gasteiger partial charge in [-0.3, -0.25) is 4.79 Å². The highest BCUT2D eigenvalue weighted by Gasteiger charge is 2.33. The van der Waals surface area contributed by atoms with Crippen molar-refractivity contribution in [1.82, 2.24) is 4.90 Å². The van der Waals surface area contributed by atoms with Crippen molar-refractivity contribution in [3.8, 4) is 0 Å². The minimum atomic E-state index is -0.252. The summed E-state index contributed by atoms with van der Waals surface area (Å²) in [7, 11) is 0. The zero-order chi connectivity index (χ0) is 17.8. The molecule has 1 aliphatic rings. The molecule has 132 valence electrons. The van der Waals surface area contributed by atoms with Crippen molar-refractivity contribution in [3.05, 3.63) is 70.5 Å². The Kier molecular flexibility index (Phi) is 5.99. The molecule has 0 bridgehead atoms. The highest BCUT2D eigenvalue weighted by atomic mass is 35.5. The van der Waals surface area contributed by atoms with Gasteiger partial charge in [0.1, 0.15) is 17.2 Å². The van der Waals surface area contributed by atoms with Gasteiger partial charge in [-0.1, -0.05) is 41.9 Å². The van der Waals surface area contributed by atoms with E-state index in [0.29, 0.717) is 23.7 Å². The minimum Gasteiger partial charge on any atom is -0.333 e. The summed E-state index contributed by atoms with van der Waals surface area (Å²) >= 11 is 7.53. The monoisotopic (exact) mass is 379 g/mol. The zero-order valence-electron chi connectivity index (χ0n) is 14.0. The lowest BCUT2D eigenvalue weighted by Gasteiger charge is -2.24. The molecule has 2 N–H and O–H groups in total. The van der Waals surface area contributed by atoms with Crippen LogP contribution in [-0.2, 0) is 4.79 Å². The minimum absolute atomic E-state index is 0.0408. The van der Waals surface area contributed by atoms with E-state index in [1.54, 1.807) is 28.8 Å². The molecule has 0 unspecified atom stereocenters. The van der Waals surface area contributed by atoms with Crippen molar-refractivity contribution in [3.63, 3.8) is 0 Å². The third kappa shape index (κ3) is 4.35. The molecule has 6 heteroatoms. The lowest BCUT2D eigenvalue weighted by atomic mass is 10.1. The van der Waals surface area contributed by atoms with Gasteiger partial charge in [-0.2, -0.15) is 0 Å². The molecule has 3 nitrogen and oxygen atoms in total. The summed E-state index contributed by atoms with van der Waals surface area (Å²) in [6.45, 7) is 3.06. The molecule has 1 amide bonds. The molecule has 0 spiro atoms. The van der Waals surface area contributed by atoms with Crippen LogP contribution < -0.4 is 5.32 Å². The van der Waals surface area contributed by atoms with Crippen LogP contribution in [-0.4, -0.2) is 29.6 Å². The summed E-state index contributed by atoms with van der Waals surface area (Å²) in [5.41, 5.74) is 1.71. The van der Waals surface area contributed by atoms with Crippen LogP contribution in [0.2, 0.25) is 5.02 Å². The first-order valence-corrected chi connectivity index (χ1v) is 9.73. The van der Waals surface area contributed by atoms with Gasteiger partial charge in [0.15, 0.2) is 6.54 Å². The molecule has 2 aromatic carbocycles. The third-order valence-electron chi connectivity index (χ3n) is 4.42. The number of thioether (sulfide) groups is 1. The molecule has 1 fully saturated rings. The number of hydrogen-bond donors (Lipinski definition) is 1. The van der Waals surface area contributed by atoms with E-state index < -0.39 is 0 Å². The van der Waals surface area contributed by atoms with E-state index in [2.05, 4.69) is 6.92 Å². The number of amides is 1. The fraction of sp³-hybridized carbons (Fsp3) is 0.316. The van der Waals surface area contributed by atoms with E-state index in [1.165, 1.54) is 6.07 Å². The smallest absolute Gasteiger partial charge is 0.278 e. The molecule has 2 atom stereocenters. The maximum atomic E-state index is 14.1. The molecule has 1 aliphatic heterocycles. The number of quaternary nitrogens is 1. The van der Waals surface area contributed by atoms with Crippen molar-refractivity contribution >= 4 is 29.3 Å². The Morgan fingerprint density at radius 2 is 2.04 bits per heavy atom. The van der Waals surface area contributed by atoms with Gasteiger partial charge < -0.3 is 10.2 Å². The molecule has 25 heavy (non-hydrogen) atoms. The number of rotatable bonds is 5. The third-order valence-corrected chi connectivity index (χ3v) is 5.92. The lowest BCUT2D eigenvalue weighted by molar-refractivity contribution is -0.683. The molecular weight excluding hydrogens is 359 g/mol. The van der Waals surface area contributed by atoms with Crippen molar-refractivity contribution < 1.29 is 14.5 Å². The molecule has 2 aromatic rings. The van der Waals surface area contributed by atoms with Gasteiger partial charge in [-0.25, -0.2) is 4.39 Å². The second kappa shape index (κ2) is 8.21. The average Bonchev–Trinajstić information content (AvgIpc) is 3.10. The largest absolute Gasteiger partial charge is 0.333 e. The Bertz CT molecular complexity index is 740. The van der Waals surface area contributed by atoms with Crippen molar-refractivity contribution in [1.29, 1.82) is 0 Å². The van der Waals surface area contributed by atoms with Crippen LogP contribution in [0.25, 0.3) is 0 Å². The van der Waals surface area contributed by atoms with Crippen molar-refractivity contribution in [2.24, 2.45) is 0 Å². The molecule has 0 aliphatic carbocycles. The van der Waals surface area contributed by atoms with E-state index in [-0.39, 0.29) is 23.1 Å². The van der Waals surface area contributed by atoms with Crippen LogP contribution in [0.1, 0.15) is 29.5 Å². The number of benzene rings is 2. The summed E-state index contributed by atoms with van der Waals surface area (Å²) < 4.78 is 14.1.